The van der Waals surface area contributed by atoms with E-state index in [0.29, 0.717) is 5.69 Å². The molecule has 2 aromatic heterocycles. The second-order valence-electron chi connectivity index (χ2n) is 3.80. The van der Waals surface area contributed by atoms with Crippen LogP contribution >= 0.6 is 11.6 Å². The third-order valence-corrected chi connectivity index (χ3v) is 2.78. The molecule has 0 radical (unpaired) electrons. The summed E-state index contributed by atoms with van der Waals surface area (Å²) in [7, 11) is 0. The molecule has 5 nitrogen and oxygen atoms in total. The van der Waals surface area contributed by atoms with Crippen LogP contribution in [0.1, 0.15) is 16.2 Å². The van der Waals surface area contributed by atoms with E-state index in [1.807, 2.05) is 30.3 Å². The smallest absolute Gasteiger partial charge is 0.248 e. The Bertz CT molecular complexity index is 718. The molecule has 0 amide bonds. The first-order valence-corrected chi connectivity index (χ1v) is 5.89. The largest absolute Gasteiger partial charge is 0.441 e. The lowest BCUT2D eigenvalue weighted by atomic mass is 10.2. The van der Waals surface area contributed by atoms with Crippen molar-refractivity contribution in [3.63, 3.8) is 0 Å². The van der Waals surface area contributed by atoms with Crippen LogP contribution in [0.2, 0.25) is 5.22 Å². The third kappa shape index (κ3) is 2.15. The van der Waals surface area contributed by atoms with Crippen molar-refractivity contribution in [1.82, 2.24) is 15.0 Å². The van der Waals surface area contributed by atoms with Crippen LogP contribution in [0.4, 0.5) is 0 Å². The van der Waals surface area contributed by atoms with Gasteiger partial charge in [0.15, 0.2) is 11.0 Å². The van der Waals surface area contributed by atoms with Gasteiger partial charge >= 0.3 is 0 Å². The first-order chi connectivity index (χ1) is 9.25. The van der Waals surface area contributed by atoms with Crippen molar-refractivity contribution in [1.29, 1.82) is 0 Å². The molecule has 0 unspecified atom stereocenters. The second-order valence-corrected chi connectivity index (χ2v) is 4.17. The quantitative estimate of drug-likeness (QED) is 0.689. The van der Waals surface area contributed by atoms with Gasteiger partial charge in [-0.25, -0.2) is 4.68 Å². The van der Waals surface area contributed by atoms with E-state index in [-0.39, 0.29) is 16.8 Å². The van der Waals surface area contributed by atoms with Crippen molar-refractivity contribution in [3.8, 4) is 5.69 Å². The van der Waals surface area contributed by atoms with Crippen LogP contribution < -0.4 is 0 Å². The molecule has 0 spiro atoms. The molecule has 0 saturated carbocycles. The molecule has 0 atom stereocenters. The van der Waals surface area contributed by atoms with Crippen LogP contribution in [-0.2, 0) is 0 Å². The van der Waals surface area contributed by atoms with E-state index in [2.05, 4.69) is 10.3 Å². The highest BCUT2D eigenvalue weighted by atomic mass is 35.5. The normalized spacial score (nSPS) is 10.6. The van der Waals surface area contributed by atoms with E-state index in [1.165, 1.54) is 23.0 Å². The number of para-hydroxylation sites is 1. The zero-order valence-corrected chi connectivity index (χ0v) is 10.4. The summed E-state index contributed by atoms with van der Waals surface area (Å²) in [6.07, 6.45) is 1.39. The minimum atomic E-state index is -0.319. The van der Waals surface area contributed by atoms with Gasteiger partial charge < -0.3 is 4.42 Å². The summed E-state index contributed by atoms with van der Waals surface area (Å²) < 4.78 is 6.56. The molecule has 0 aliphatic heterocycles. The van der Waals surface area contributed by atoms with E-state index in [9.17, 15) is 4.79 Å². The van der Waals surface area contributed by atoms with E-state index in [0.717, 1.165) is 5.69 Å². The summed E-state index contributed by atoms with van der Waals surface area (Å²) in [5.41, 5.74) is 1.07. The summed E-state index contributed by atoms with van der Waals surface area (Å²) in [4.78, 5) is 12.3. The number of hydrogen-bond donors (Lipinski definition) is 0. The van der Waals surface area contributed by atoms with Gasteiger partial charge in [-0.05, 0) is 35.9 Å². The van der Waals surface area contributed by atoms with Crippen molar-refractivity contribution >= 4 is 17.4 Å². The molecule has 1 aromatic carbocycles. The number of carbonyl (C=O) groups is 1. The average molecular weight is 274 g/mol. The first-order valence-electron chi connectivity index (χ1n) is 5.52. The van der Waals surface area contributed by atoms with Crippen molar-refractivity contribution in [2.24, 2.45) is 0 Å². The molecular formula is C13H8ClN3O2. The molecule has 0 fully saturated rings. The number of hydrogen-bond acceptors (Lipinski definition) is 4. The second kappa shape index (κ2) is 4.70. The maximum absolute atomic E-state index is 12.3. The summed E-state index contributed by atoms with van der Waals surface area (Å²) in [6.45, 7) is 0. The van der Waals surface area contributed by atoms with Crippen LogP contribution in [-0.4, -0.2) is 20.8 Å². The monoisotopic (exact) mass is 273 g/mol. The van der Waals surface area contributed by atoms with Gasteiger partial charge in [0, 0.05) is 0 Å². The summed E-state index contributed by atoms with van der Waals surface area (Å²) in [5, 5.41) is 7.85. The number of aromatic nitrogens is 3. The maximum atomic E-state index is 12.3. The van der Waals surface area contributed by atoms with E-state index >= 15 is 0 Å². The first kappa shape index (κ1) is 11.7. The SMILES string of the molecule is O=C(c1ccc(Cl)o1)c1cnnn1-c1ccccc1. The summed E-state index contributed by atoms with van der Waals surface area (Å²) in [6, 6.07) is 12.3. The van der Waals surface area contributed by atoms with Gasteiger partial charge in [0.1, 0.15) is 5.69 Å². The fourth-order valence-corrected chi connectivity index (χ4v) is 1.86. The lowest BCUT2D eigenvalue weighted by Crippen LogP contribution is -2.09. The molecular weight excluding hydrogens is 266 g/mol. The summed E-state index contributed by atoms with van der Waals surface area (Å²) >= 11 is 5.67. The lowest BCUT2D eigenvalue weighted by molar-refractivity contribution is 0.100. The number of furan rings is 1. The van der Waals surface area contributed by atoms with Crippen molar-refractivity contribution in [2.45, 2.75) is 0 Å². The Kier molecular flexibility index (Phi) is 2.89. The Hall–Kier alpha value is -2.40. The molecule has 0 bridgehead atoms. The summed E-state index contributed by atoms with van der Waals surface area (Å²) in [5.74, 6) is -0.162. The molecule has 2 heterocycles. The number of carbonyl (C=O) groups excluding carboxylic acids is 1. The van der Waals surface area contributed by atoms with Gasteiger partial charge in [-0.3, -0.25) is 4.79 Å². The average Bonchev–Trinajstić information content (AvgIpc) is 3.07. The molecule has 19 heavy (non-hydrogen) atoms. The van der Waals surface area contributed by atoms with Gasteiger partial charge in [0.2, 0.25) is 5.78 Å². The predicted octanol–water partition coefficient (Wildman–Crippen LogP) is 2.74. The van der Waals surface area contributed by atoms with Crippen LogP contribution in [0.3, 0.4) is 0 Å². The molecule has 0 aliphatic rings. The van der Waals surface area contributed by atoms with E-state index in [1.54, 1.807) is 0 Å². The Balaban J connectivity index is 2.03. The molecule has 6 heteroatoms. The molecule has 3 rings (SSSR count). The Morgan fingerprint density at radius 1 is 1.16 bits per heavy atom. The number of rotatable bonds is 3. The highest BCUT2D eigenvalue weighted by molar-refractivity contribution is 6.29. The predicted molar refractivity (Wildman–Crippen MR) is 68.5 cm³/mol. The minimum Gasteiger partial charge on any atom is -0.441 e. The van der Waals surface area contributed by atoms with Gasteiger partial charge in [0.25, 0.3) is 0 Å². The standard InChI is InChI=1S/C13H8ClN3O2/c14-12-7-6-11(19-12)13(18)10-8-15-16-17(10)9-4-2-1-3-5-9/h1-8H. The van der Waals surface area contributed by atoms with Crippen molar-refractivity contribution < 1.29 is 9.21 Å². The fraction of sp³-hybridized carbons (Fsp3) is 0. The van der Waals surface area contributed by atoms with Crippen LogP contribution in [0.15, 0.2) is 53.1 Å². The Morgan fingerprint density at radius 3 is 2.63 bits per heavy atom. The number of nitrogens with zero attached hydrogens (tertiary/aromatic N) is 3. The lowest BCUT2D eigenvalue weighted by Gasteiger charge is -2.03. The van der Waals surface area contributed by atoms with E-state index in [4.69, 9.17) is 16.0 Å². The van der Waals surface area contributed by atoms with Crippen molar-refractivity contribution in [2.75, 3.05) is 0 Å². The molecule has 0 aliphatic carbocycles. The van der Waals surface area contributed by atoms with E-state index < -0.39 is 0 Å². The highest BCUT2D eigenvalue weighted by Crippen LogP contribution is 2.18. The molecule has 3 aromatic rings. The number of ketones is 1. The van der Waals surface area contributed by atoms with Gasteiger partial charge in [-0.15, -0.1) is 5.10 Å². The van der Waals surface area contributed by atoms with Crippen molar-refractivity contribution in [3.05, 3.63) is 65.3 Å². The van der Waals surface area contributed by atoms with Crippen LogP contribution in [0.25, 0.3) is 5.69 Å². The number of benzene rings is 1. The van der Waals surface area contributed by atoms with Crippen LogP contribution in [0.5, 0.6) is 0 Å². The van der Waals surface area contributed by atoms with Gasteiger partial charge in [-0.1, -0.05) is 23.4 Å². The van der Waals surface area contributed by atoms with Gasteiger partial charge in [0.05, 0.1) is 11.9 Å². The molecule has 0 saturated heterocycles. The fourth-order valence-electron chi connectivity index (χ4n) is 1.71. The molecule has 94 valence electrons. The maximum Gasteiger partial charge on any atom is 0.248 e. The number of halogens is 1. The molecule has 0 N–H and O–H groups in total. The Labute approximate surface area is 113 Å². The van der Waals surface area contributed by atoms with Crippen LogP contribution in [0, 0.1) is 0 Å². The zero-order chi connectivity index (χ0) is 13.2. The zero-order valence-electron chi connectivity index (χ0n) is 9.65. The third-order valence-electron chi connectivity index (χ3n) is 2.58. The van der Waals surface area contributed by atoms with Gasteiger partial charge in [-0.2, -0.15) is 0 Å². The highest BCUT2D eigenvalue weighted by Gasteiger charge is 2.19. The minimum absolute atomic E-state index is 0.157. The topological polar surface area (TPSA) is 60.9 Å². The Morgan fingerprint density at radius 2 is 1.95 bits per heavy atom.